The molecule has 1 heterocycles. The van der Waals surface area contributed by atoms with Gasteiger partial charge in [0.05, 0.1) is 16.6 Å². The number of hydrogen-bond donors (Lipinski definition) is 2. The number of aromatic hydroxyl groups is 1. The molecular weight excluding hydrogens is 402 g/mol. The molecule has 5 nitrogen and oxygen atoms in total. The number of amides is 1. The second kappa shape index (κ2) is 7.84. The SMILES string of the molecule is CCCN1C(=O)C(=O)/C(=C(\O)c2ccc3ccccc3c2)C1c1ccc(O)c(Cl)c1. The first-order valence-electron chi connectivity index (χ1n) is 9.68. The molecule has 0 saturated carbocycles. The number of carbonyl (C=O) groups excluding carboxylic acids is 2. The molecule has 1 saturated heterocycles. The summed E-state index contributed by atoms with van der Waals surface area (Å²) < 4.78 is 0. The van der Waals surface area contributed by atoms with E-state index in [-0.39, 0.29) is 22.1 Å². The van der Waals surface area contributed by atoms with Crippen molar-refractivity contribution in [2.24, 2.45) is 0 Å². The minimum atomic E-state index is -0.783. The smallest absolute Gasteiger partial charge is 0.295 e. The van der Waals surface area contributed by atoms with Crippen molar-refractivity contribution in [1.82, 2.24) is 4.90 Å². The van der Waals surface area contributed by atoms with E-state index in [2.05, 4.69) is 0 Å². The van der Waals surface area contributed by atoms with Crippen LogP contribution in [-0.4, -0.2) is 33.3 Å². The van der Waals surface area contributed by atoms with Gasteiger partial charge in [0.2, 0.25) is 0 Å². The lowest BCUT2D eigenvalue weighted by Crippen LogP contribution is -2.30. The van der Waals surface area contributed by atoms with Gasteiger partial charge in [-0.2, -0.15) is 0 Å². The van der Waals surface area contributed by atoms with Crippen molar-refractivity contribution >= 4 is 39.8 Å². The number of aliphatic hydroxyl groups is 1. The second-order valence-corrected chi connectivity index (χ2v) is 7.67. The Kier molecular flexibility index (Phi) is 5.22. The molecule has 0 spiro atoms. The van der Waals surface area contributed by atoms with Crippen LogP contribution in [0.1, 0.15) is 30.5 Å². The number of hydrogen-bond acceptors (Lipinski definition) is 4. The maximum atomic E-state index is 12.9. The number of aliphatic hydroxyl groups excluding tert-OH is 1. The van der Waals surface area contributed by atoms with Gasteiger partial charge in [0.15, 0.2) is 0 Å². The van der Waals surface area contributed by atoms with Crippen molar-refractivity contribution in [2.75, 3.05) is 6.54 Å². The lowest BCUT2D eigenvalue weighted by molar-refractivity contribution is -0.139. The topological polar surface area (TPSA) is 77.8 Å². The number of rotatable bonds is 4. The highest BCUT2D eigenvalue weighted by Crippen LogP contribution is 2.41. The zero-order valence-corrected chi connectivity index (χ0v) is 17.1. The van der Waals surface area contributed by atoms with Crippen molar-refractivity contribution in [1.29, 1.82) is 0 Å². The van der Waals surface area contributed by atoms with Gasteiger partial charge in [-0.1, -0.05) is 61.0 Å². The van der Waals surface area contributed by atoms with Crippen molar-refractivity contribution in [3.05, 3.63) is 82.4 Å². The molecule has 1 aliphatic heterocycles. The van der Waals surface area contributed by atoms with Gasteiger partial charge in [-0.05, 0) is 41.0 Å². The van der Waals surface area contributed by atoms with E-state index in [0.717, 1.165) is 10.8 Å². The number of fused-ring (bicyclic) bond motifs is 1. The first-order chi connectivity index (χ1) is 14.4. The number of likely N-dealkylation sites (tertiary alicyclic amines) is 1. The fourth-order valence-corrected chi connectivity index (χ4v) is 4.07. The normalized spacial score (nSPS) is 18.3. The molecule has 2 N–H and O–H groups in total. The molecule has 0 radical (unpaired) electrons. The molecule has 1 aliphatic rings. The van der Waals surface area contributed by atoms with Crippen LogP contribution in [0.25, 0.3) is 16.5 Å². The molecule has 3 aromatic rings. The first kappa shape index (κ1) is 20.0. The third-order valence-electron chi connectivity index (χ3n) is 5.31. The quantitative estimate of drug-likeness (QED) is 0.352. The molecule has 4 rings (SSSR count). The Hall–Kier alpha value is -3.31. The Bertz CT molecular complexity index is 1200. The molecule has 0 aliphatic carbocycles. The highest BCUT2D eigenvalue weighted by atomic mass is 35.5. The monoisotopic (exact) mass is 421 g/mol. The van der Waals surface area contributed by atoms with Crippen molar-refractivity contribution in [3.8, 4) is 5.75 Å². The molecule has 0 bridgehead atoms. The zero-order valence-electron chi connectivity index (χ0n) is 16.3. The summed E-state index contributed by atoms with van der Waals surface area (Å²) in [5, 5.41) is 22.9. The second-order valence-electron chi connectivity index (χ2n) is 7.27. The number of benzene rings is 3. The Morgan fingerprint density at radius 2 is 1.77 bits per heavy atom. The third kappa shape index (κ3) is 3.31. The van der Waals surface area contributed by atoms with Crippen LogP contribution in [0.3, 0.4) is 0 Å². The molecule has 30 heavy (non-hydrogen) atoms. The van der Waals surface area contributed by atoms with Crippen LogP contribution in [-0.2, 0) is 9.59 Å². The summed E-state index contributed by atoms with van der Waals surface area (Å²) >= 11 is 6.08. The Morgan fingerprint density at radius 3 is 2.47 bits per heavy atom. The number of nitrogens with zero attached hydrogens (tertiary/aromatic N) is 1. The number of carbonyl (C=O) groups is 2. The predicted molar refractivity (Wildman–Crippen MR) is 116 cm³/mol. The number of Topliss-reactive ketones (excluding diaryl/α,β-unsaturated/α-hetero) is 1. The summed E-state index contributed by atoms with van der Waals surface area (Å²) in [6.07, 6.45) is 0.644. The summed E-state index contributed by atoms with van der Waals surface area (Å²) in [5.41, 5.74) is 1.02. The lowest BCUT2D eigenvalue weighted by Gasteiger charge is -2.25. The maximum absolute atomic E-state index is 12.9. The summed E-state index contributed by atoms with van der Waals surface area (Å²) in [6.45, 7) is 2.26. The molecule has 6 heteroatoms. The molecule has 152 valence electrons. The van der Waals surface area contributed by atoms with Gasteiger partial charge in [-0.15, -0.1) is 0 Å². The van der Waals surface area contributed by atoms with Crippen molar-refractivity contribution in [3.63, 3.8) is 0 Å². The van der Waals surface area contributed by atoms with E-state index in [0.29, 0.717) is 24.1 Å². The van der Waals surface area contributed by atoms with Crippen LogP contribution in [0.15, 0.2) is 66.2 Å². The zero-order chi connectivity index (χ0) is 21.4. The Balaban J connectivity index is 1.91. The molecule has 1 unspecified atom stereocenters. The third-order valence-corrected chi connectivity index (χ3v) is 5.62. The van der Waals surface area contributed by atoms with Gasteiger partial charge in [0.1, 0.15) is 11.5 Å². The standard InChI is InChI=1S/C24H20ClNO4/c1-2-11-26-21(16-9-10-19(27)18(25)13-16)20(23(29)24(26)30)22(28)17-8-7-14-5-3-4-6-15(14)12-17/h3-10,12-13,21,27-28H,2,11H2,1H3/b22-20-. The maximum Gasteiger partial charge on any atom is 0.295 e. The molecular formula is C24H20ClNO4. The van der Waals surface area contributed by atoms with Gasteiger partial charge in [-0.25, -0.2) is 0 Å². The van der Waals surface area contributed by atoms with E-state index in [1.54, 1.807) is 18.2 Å². The van der Waals surface area contributed by atoms with Gasteiger partial charge in [0.25, 0.3) is 11.7 Å². The average Bonchev–Trinajstić information content (AvgIpc) is 3.00. The predicted octanol–water partition coefficient (Wildman–Crippen LogP) is 5.03. The number of phenols is 1. The van der Waals surface area contributed by atoms with Crippen LogP contribution in [0.5, 0.6) is 5.75 Å². The molecule has 1 amide bonds. The molecule has 3 aromatic carbocycles. The number of phenolic OH excluding ortho intramolecular Hbond substituents is 1. The Morgan fingerprint density at radius 1 is 1.03 bits per heavy atom. The lowest BCUT2D eigenvalue weighted by atomic mass is 9.94. The van der Waals surface area contributed by atoms with Crippen LogP contribution < -0.4 is 0 Å². The van der Waals surface area contributed by atoms with E-state index < -0.39 is 17.7 Å². The highest BCUT2D eigenvalue weighted by Gasteiger charge is 2.45. The minimum Gasteiger partial charge on any atom is -0.507 e. The largest absolute Gasteiger partial charge is 0.507 e. The summed E-state index contributed by atoms with van der Waals surface area (Å²) in [4.78, 5) is 27.1. The van der Waals surface area contributed by atoms with E-state index in [1.165, 1.54) is 17.0 Å². The van der Waals surface area contributed by atoms with E-state index in [1.807, 2.05) is 37.3 Å². The number of ketones is 1. The first-order valence-corrected chi connectivity index (χ1v) is 10.1. The van der Waals surface area contributed by atoms with Crippen LogP contribution in [0.4, 0.5) is 0 Å². The summed E-state index contributed by atoms with van der Waals surface area (Å²) in [6, 6.07) is 16.8. The molecule has 1 atom stereocenters. The van der Waals surface area contributed by atoms with E-state index in [4.69, 9.17) is 11.6 Å². The van der Waals surface area contributed by atoms with Crippen LogP contribution >= 0.6 is 11.6 Å². The average molecular weight is 422 g/mol. The minimum absolute atomic E-state index is 0.0190. The highest BCUT2D eigenvalue weighted by molar-refractivity contribution is 6.46. The van der Waals surface area contributed by atoms with Crippen molar-refractivity contribution < 1.29 is 19.8 Å². The van der Waals surface area contributed by atoms with E-state index >= 15 is 0 Å². The van der Waals surface area contributed by atoms with Crippen molar-refractivity contribution in [2.45, 2.75) is 19.4 Å². The van der Waals surface area contributed by atoms with Crippen LogP contribution in [0, 0.1) is 0 Å². The van der Waals surface area contributed by atoms with Gasteiger partial charge in [-0.3, -0.25) is 9.59 Å². The van der Waals surface area contributed by atoms with Crippen LogP contribution in [0.2, 0.25) is 5.02 Å². The molecule has 0 aromatic heterocycles. The van der Waals surface area contributed by atoms with E-state index in [9.17, 15) is 19.8 Å². The molecule has 1 fully saturated rings. The Labute approximate surface area is 178 Å². The number of halogens is 1. The summed E-state index contributed by atoms with van der Waals surface area (Å²) in [7, 11) is 0. The fraction of sp³-hybridized carbons (Fsp3) is 0.167. The van der Waals surface area contributed by atoms with Gasteiger partial charge < -0.3 is 15.1 Å². The van der Waals surface area contributed by atoms with Gasteiger partial charge in [0, 0.05) is 12.1 Å². The fourth-order valence-electron chi connectivity index (χ4n) is 3.88. The summed E-state index contributed by atoms with van der Waals surface area (Å²) in [5.74, 6) is -1.72. The van der Waals surface area contributed by atoms with Gasteiger partial charge >= 0.3 is 0 Å².